The first-order valence-corrected chi connectivity index (χ1v) is 10.9. The number of likely N-dealkylation sites (N-methyl/N-ethyl adjacent to an activating group) is 1. The zero-order valence-corrected chi connectivity index (χ0v) is 17.7. The van der Waals surface area contributed by atoms with E-state index in [0.717, 1.165) is 55.4 Å². The fourth-order valence-electron chi connectivity index (χ4n) is 5.13. The van der Waals surface area contributed by atoms with E-state index in [0.29, 0.717) is 11.7 Å². The monoisotopic (exact) mass is 403 g/mol. The molecular weight excluding hydrogens is 374 g/mol. The summed E-state index contributed by atoms with van der Waals surface area (Å²) in [6, 6.07) is 17.4. The van der Waals surface area contributed by atoms with Gasteiger partial charge in [0.2, 0.25) is 0 Å². The van der Waals surface area contributed by atoms with Crippen molar-refractivity contribution in [2.24, 2.45) is 0 Å². The Balaban J connectivity index is 1.29. The number of rotatable bonds is 4. The fourth-order valence-corrected chi connectivity index (χ4v) is 5.13. The van der Waals surface area contributed by atoms with Crippen molar-refractivity contribution >= 4 is 16.8 Å². The number of carbonyl (C=O) groups excluding carboxylic acids is 1. The molecule has 0 radical (unpaired) electrons. The number of likely N-dealkylation sites (tertiary alicyclic amines) is 1. The SMILES string of the molecule is COc1ccc2[nH]c(C(=O)N(C)[C@@H]3CCCN(C4Cc5ccccc5C4)C3)cc2c1. The lowest BCUT2D eigenvalue weighted by atomic mass is 10.0. The summed E-state index contributed by atoms with van der Waals surface area (Å²) in [6.07, 6.45) is 4.46. The molecule has 5 heteroatoms. The third-order valence-electron chi connectivity index (χ3n) is 6.90. The van der Waals surface area contributed by atoms with Crippen LogP contribution in [0.2, 0.25) is 0 Å². The van der Waals surface area contributed by atoms with Crippen LogP contribution in [0.15, 0.2) is 48.5 Å². The maximum absolute atomic E-state index is 13.2. The van der Waals surface area contributed by atoms with Gasteiger partial charge in [0.05, 0.1) is 7.11 Å². The minimum Gasteiger partial charge on any atom is -0.497 e. The Bertz CT molecular complexity index is 1050. The summed E-state index contributed by atoms with van der Waals surface area (Å²) in [7, 11) is 3.61. The topological polar surface area (TPSA) is 48.6 Å². The van der Waals surface area contributed by atoms with Gasteiger partial charge in [0, 0.05) is 36.6 Å². The number of methoxy groups -OCH3 is 1. The zero-order chi connectivity index (χ0) is 20.7. The first-order valence-electron chi connectivity index (χ1n) is 10.9. The van der Waals surface area contributed by atoms with Crippen LogP contribution in [0.5, 0.6) is 5.75 Å². The lowest BCUT2D eigenvalue weighted by Crippen LogP contribution is -2.51. The van der Waals surface area contributed by atoms with Crippen LogP contribution in [0.1, 0.15) is 34.5 Å². The van der Waals surface area contributed by atoms with E-state index in [2.05, 4.69) is 34.1 Å². The van der Waals surface area contributed by atoms with Gasteiger partial charge in [0.1, 0.15) is 11.4 Å². The molecule has 1 fully saturated rings. The van der Waals surface area contributed by atoms with Gasteiger partial charge in [-0.3, -0.25) is 9.69 Å². The predicted molar refractivity (Wildman–Crippen MR) is 119 cm³/mol. The minimum atomic E-state index is 0.0618. The molecule has 1 aliphatic carbocycles. The molecule has 0 saturated carbocycles. The quantitative estimate of drug-likeness (QED) is 0.719. The minimum absolute atomic E-state index is 0.0618. The predicted octanol–water partition coefficient (Wildman–Crippen LogP) is 3.88. The third kappa shape index (κ3) is 3.47. The second kappa shape index (κ2) is 7.80. The number of benzene rings is 2. The van der Waals surface area contributed by atoms with Crippen molar-refractivity contribution < 1.29 is 9.53 Å². The first kappa shape index (κ1) is 19.2. The molecule has 1 amide bonds. The number of nitrogens with one attached hydrogen (secondary N) is 1. The fraction of sp³-hybridized carbons (Fsp3) is 0.400. The van der Waals surface area contributed by atoms with Gasteiger partial charge in [-0.15, -0.1) is 0 Å². The highest BCUT2D eigenvalue weighted by molar-refractivity contribution is 5.98. The van der Waals surface area contributed by atoms with Crippen LogP contribution in [-0.2, 0) is 12.8 Å². The van der Waals surface area contributed by atoms with E-state index >= 15 is 0 Å². The van der Waals surface area contributed by atoms with Gasteiger partial charge in [-0.2, -0.15) is 0 Å². The summed E-state index contributed by atoms with van der Waals surface area (Å²) in [5.74, 6) is 0.862. The Morgan fingerprint density at radius 1 is 1.13 bits per heavy atom. The standard InChI is InChI=1S/C25H29N3O2/c1-27(25(29)24-15-19-14-22(30-2)9-10-23(19)26-24)20-8-5-11-28(16-20)21-12-17-6-3-4-7-18(17)13-21/h3-4,6-7,9-10,14-15,20-21,26H,5,8,11-13,16H2,1-2H3/t20-/m1/s1. The molecule has 1 aromatic heterocycles. The summed E-state index contributed by atoms with van der Waals surface area (Å²) < 4.78 is 5.30. The molecule has 3 aromatic rings. The maximum Gasteiger partial charge on any atom is 0.270 e. The van der Waals surface area contributed by atoms with Gasteiger partial charge in [-0.25, -0.2) is 0 Å². The average molecular weight is 404 g/mol. The number of fused-ring (bicyclic) bond motifs is 2. The molecule has 0 unspecified atom stereocenters. The molecule has 1 saturated heterocycles. The van der Waals surface area contributed by atoms with E-state index in [1.54, 1.807) is 7.11 Å². The molecule has 1 N–H and O–H groups in total. The van der Waals surface area contributed by atoms with Gasteiger partial charge >= 0.3 is 0 Å². The maximum atomic E-state index is 13.2. The Kier molecular flexibility index (Phi) is 4.99. The van der Waals surface area contributed by atoms with Crippen LogP contribution in [0.3, 0.4) is 0 Å². The summed E-state index contributed by atoms with van der Waals surface area (Å²) in [5, 5.41) is 1.00. The van der Waals surface area contributed by atoms with E-state index in [9.17, 15) is 4.79 Å². The highest BCUT2D eigenvalue weighted by Crippen LogP contribution is 2.29. The molecule has 1 aliphatic heterocycles. The van der Waals surface area contributed by atoms with Gasteiger partial charge in [0.15, 0.2) is 0 Å². The van der Waals surface area contributed by atoms with E-state index < -0.39 is 0 Å². The molecule has 2 aromatic carbocycles. The van der Waals surface area contributed by atoms with Crippen molar-refractivity contribution in [3.8, 4) is 5.75 Å². The van der Waals surface area contributed by atoms with Crippen molar-refractivity contribution in [2.45, 2.75) is 37.8 Å². The van der Waals surface area contributed by atoms with Gasteiger partial charge < -0.3 is 14.6 Å². The number of aromatic nitrogens is 1. The molecule has 2 aliphatic rings. The van der Waals surface area contributed by atoms with Crippen molar-refractivity contribution in [2.75, 3.05) is 27.2 Å². The van der Waals surface area contributed by atoms with Crippen molar-refractivity contribution in [3.05, 3.63) is 65.4 Å². The summed E-state index contributed by atoms with van der Waals surface area (Å²) >= 11 is 0. The number of carbonyl (C=O) groups is 1. The number of piperidine rings is 1. The number of hydrogen-bond donors (Lipinski definition) is 1. The first-order chi connectivity index (χ1) is 14.6. The largest absolute Gasteiger partial charge is 0.497 e. The Morgan fingerprint density at radius 3 is 2.63 bits per heavy atom. The number of H-pyrrole nitrogens is 1. The Morgan fingerprint density at radius 2 is 1.90 bits per heavy atom. The molecule has 0 spiro atoms. The zero-order valence-electron chi connectivity index (χ0n) is 17.7. The number of nitrogens with zero attached hydrogens (tertiary/aromatic N) is 2. The van der Waals surface area contributed by atoms with E-state index in [1.165, 1.54) is 11.1 Å². The van der Waals surface area contributed by atoms with Crippen LogP contribution in [0.4, 0.5) is 0 Å². The van der Waals surface area contributed by atoms with E-state index in [1.807, 2.05) is 36.2 Å². The average Bonchev–Trinajstić information content (AvgIpc) is 3.41. The van der Waals surface area contributed by atoms with Crippen LogP contribution in [-0.4, -0.2) is 60.0 Å². The molecular formula is C25H29N3O2. The molecule has 5 nitrogen and oxygen atoms in total. The highest BCUT2D eigenvalue weighted by atomic mass is 16.5. The van der Waals surface area contributed by atoms with Crippen molar-refractivity contribution in [1.29, 1.82) is 0 Å². The normalized spacial score (nSPS) is 19.7. The van der Waals surface area contributed by atoms with Crippen LogP contribution in [0.25, 0.3) is 10.9 Å². The number of hydrogen-bond acceptors (Lipinski definition) is 3. The van der Waals surface area contributed by atoms with Gasteiger partial charge in [0.25, 0.3) is 5.91 Å². The van der Waals surface area contributed by atoms with E-state index in [-0.39, 0.29) is 11.9 Å². The third-order valence-corrected chi connectivity index (χ3v) is 6.90. The summed E-state index contributed by atoms with van der Waals surface area (Å²) in [5.41, 5.74) is 4.58. The highest BCUT2D eigenvalue weighted by Gasteiger charge is 2.33. The van der Waals surface area contributed by atoms with Gasteiger partial charge in [-0.05, 0) is 67.6 Å². The van der Waals surface area contributed by atoms with Crippen LogP contribution >= 0.6 is 0 Å². The van der Waals surface area contributed by atoms with Gasteiger partial charge in [-0.1, -0.05) is 24.3 Å². The number of ether oxygens (including phenoxy) is 1. The second-order valence-corrected chi connectivity index (χ2v) is 8.67. The molecule has 1 atom stereocenters. The van der Waals surface area contributed by atoms with Crippen molar-refractivity contribution in [3.63, 3.8) is 0 Å². The van der Waals surface area contributed by atoms with Crippen LogP contribution in [0, 0.1) is 0 Å². The molecule has 156 valence electrons. The van der Waals surface area contributed by atoms with Crippen molar-refractivity contribution in [1.82, 2.24) is 14.8 Å². The second-order valence-electron chi connectivity index (χ2n) is 8.67. The van der Waals surface area contributed by atoms with Crippen LogP contribution < -0.4 is 4.74 Å². The molecule has 0 bridgehead atoms. The van der Waals surface area contributed by atoms with E-state index in [4.69, 9.17) is 4.74 Å². The number of amides is 1. The lowest BCUT2D eigenvalue weighted by Gasteiger charge is -2.40. The molecule has 5 rings (SSSR count). The smallest absolute Gasteiger partial charge is 0.270 e. The molecule has 30 heavy (non-hydrogen) atoms. The number of aromatic amines is 1. The molecule has 2 heterocycles. The lowest BCUT2D eigenvalue weighted by molar-refractivity contribution is 0.0551. The Hall–Kier alpha value is -2.79. The Labute approximate surface area is 177 Å². The summed E-state index contributed by atoms with van der Waals surface area (Å²) in [4.78, 5) is 21.0. The summed E-state index contributed by atoms with van der Waals surface area (Å²) in [6.45, 7) is 2.08.